The maximum absolute atomic E-state index is 10.5. The molecule has 1 aromatic rings. The lowest BCUT2D eigenvalue weighted by Crippen LogP contribution is -2.31. The summed E-state index contributed by atoms with van der Waals surface area (Å²) in [7, 11) is 0. The van der Waals surface area contributed by atoms with Crippen LogP contribution in [0.15, 0.2) is 24.3 Å². The minimum Gasteiger partial charge on any atom is -0.369 e. The van der Waals surface area contributed by atoms with Gasteiger partial charge in [-0.15, -0.1) is 0 Å². The molecule has 1 aromatic carbocycles. The van der Waals surface area contributed by atoms with E-state index in [0.717, 1.165) is 18.7 Å². The molecular formula is C12H18N2O2. The Bertz CT molecular complexity index is 347. The van der Waals surface area contributed by atoms with E-state index in [1.807, 2.05) is 12.1 Å². The van der Waals surface area contributed by atoms with Crippen LogP contribution in [0.4, 0.5) is 11.4 Å². The lowest BCUT2D eigenvalue weighted by Gasteiger charge is -2.28. The quantitative estimate of drug-likeness (QED) is 0.567. The van der Waals surface area contributed by atoms with E-state index >= 15 is 0 Å². The highest BCUT2D eigenvalue weighted by molar-refractivity contribution is 5.51. The van der Waals surface area contributed by atoms with Crippen molar-refractivity contribution in [2.75, 3.05) is 11.4 Å². The minimum absolute atomic E-state index is 0.143. The van der Waals surface area contributed by atoms with E-state index in [4.69, 9.17) is 0 Å². The highest BCUT2D eigenvalue weighted by atomic mass is 16.6. The molecule has 0 aliphatic carbocycles. The minimum atomic E-state index is -0.372. The van der Waals surface area contributed by atoms with Gasteiger partial charge in [0.15, 0.2) is 0 Å². The number of nitro groups is 1. The van der Waals surface area contributed by atoms with E-state index in [9.17, 15) is 10.1 Å². The zero-order chi connectivity index (χ0) is 12.1. The normalized spacial score (nSPS) is 10.5. The van der Waals surface area contributed by atoms with Gasteiger partial charge >= 0.3 is 0 Å². The largest absolute Gasteiger partial charge is 0.369 e. The first-order valence-electron chi connectivity index (χ1n) is 5.57. The second-order valence-electron chi connectivity index (χ2n) is 4.06. The number of non-ortho nitro benzene ring substituents is 1. The molecule has 0 unspecified atom stereocenters. The first kappa shape index (κ1) is 12.5. The van der Waals surface area contributed by atoms with Gasteiger partial charge in [-0.25, -0.2) is 0 Å². The molecule has 0 aliphatic rings. The van der Waals surface area contributed by atoms with Crippen LogP contribution in [-0.4, -0.2) is 17.5 Å². The third kappa shape index (κ3) is 2.95. The summed E-state index contributed by atoms with van der Waals surface area (Å²) < 4.78 is 0. The van der Waals surface area contributed by atoms with Crippen LogP contribution in [0, 0.1) is 10.1 Å². The molecule has 0 N–H and O–H groups in total. The number of hydrogen-bond acceptors (Lipinski definition) is 3. The van der Waals surface area contributed by atoms with Crippen molar-refractivity contribution < 1.29 is 4.92 Å². The van der Waals surface area contributed by atoms with Crippen LogP contribution in [0.2, 0.25) is 0 Å². The van der Waals surface area contributed by atoms with Crippen LogP contribution in [-0.2, 0) is 0 Å². The second-order valence-corrected chi connectivity index (χ2v) is 4.06. The molecule has 1 rings (SSSR count). The first-order chi connectivity index (χ1) is 7.56. The van der Waals surface area contributed by atoms with E-state index in [1.54, 1.807) is 12.1 Å². The molecule has 4 nitrogen and oxygen atoms in total. The fourth-order valence-electron chi connectivity index (χ4n) is 1.69. The molecule has 16 heavy (non-hydrogen) atoms. The lowest BCUT2D eigenvalue weighted by molar-refractivity contribution is -0.384. The highest BCUT2D eigenvalue weighted by Gasteiger charge is 2.11. The third-order valence-corrected chi connectivity index (χ3v) is 2.48. The van der Waals surface area contributed by atoms with Crippen molar-refractivity contribution in [3.63, 3.8) is 0 Å². The number of anilines is 1. The Morgan fingerprint density at radius 1 is 1.31 bits per heavy atom. The van der Waals surface area contributed by atoms with Crippen LogP contribution in [0.3, 0.4) is 0 Å². The molecule has 0 heterocycles. The van der Waals surface area contributed by atoms with Gasteiger partial charge in [0.2, 0.25) is 0 Å². The van der Waals surface area contributed by atoms with Crippen LogP contribution in [0.25, 0.3) is 0 Å². The van der Waals surface area contributed by atoms with Gasteiger partial charge in [-0.2, -0.15) is 0 Å². The van der Waals surface area contributed by atoms with E-state index < -0.39 is 0 Å². The predicted octanol–water partition coefficient (Wildman–Crippen LogP) is 3.22. The average Bonchev–Trinajstić information content (AvgIpc) is 2.25. The first-order valence-corrected chi connectivity index (χ1v) is 5.57. The summed E-state index contributed by atoms with van der Waals surface area (Å²) in [5, 5.41) is 10.5. The summed E-state index contributed by atoms with van der Waals surface area (Å²) in [6, 6.07) is 7.14. The Balaban J connectivity index is 2.89. The van der Waals surface area contributed by atoms with Gasteiger partial charge in [0.25, 0.3) is 5.69 Å². The molecule has 0 saturated carbocycles. The third-order valence-electron chi connectivity index (χ3n) is 2.48. The monoisotopic (exact) mass is 222 g/mol. The highest BCUT2D eigenvalue weighted by Crippen LogP contribution is 2.21. The fourth-order valence-corrected chi connectivity index (χ4v) is 1.69. The number of nitro benzene ring substituents is 1. The lowest BCUT2D eigenvalue weighted by atomic mass is 10.2. The van der Waals surface area contributed by atoms with Crippen LogP contribution in [0.1, 0.15) is 27.2 Å². The van der Waals surface area contributed by atoms with Crippen molar-refractivity contribution in [2.45, 2.75) is 33.2 Å². The van der Waals surface area contributed by atoms with E-state index in [2.05, 4.69) is 25.7 Å². The van der Waals surface area contributed by atoms with Crippen LogP contribution >= 0.6 is 0 Å². The van der Waals surface area contributed by atoms with E-state index in [0.29, 0.717) is 6.04 Å². The Kier molecular flexibility index (Phi) is 4.28. The van der Waals surface area contributed by atoms with Crippen molar-refractivity contribution in [2.24, 2.45) is 0 Å². The van der Waals surface area contributed by atoms with Crippen molar-refractivity contribution in [1.82, 2.24) is 0 Å². The summed E-state index contributed by atoms with van der Waals surface area (Å²) in [6.45, 7) is 7.34. The molecule has 0 fully saturated rings. The number of nitrogens with zero attached hydrogens (tertiary/aromatic N) is 2. The van der Waals surface area contributed by atoms with E-state index in [-0.39, 0.29) is 10.6 Å². The molecule has 0 aliphatic heterocycles. The summed E-state index contributed by atoms with van der Waals surface area (Å²) in [5.74, 6) is 0. The number of benzene rings is 1. The van der Waals surface area contributed by atoms with Crippen molar-refractivity contribution in [3.8, 4) is 0 Å². The Morgan fingerprint density at radius 3 is 2.25 bits per heavy atom. The topological polar surface area (TPSA) is 46.4 Å². The number of rotatable bonds is 5. The molecule has 0 saturated heterocycles. The SMILES string of the molecule is CCCN(c1ccc([N+](=O)[O-])cc1)C(C)C. The van der Waals surface area contributed by atoms with Gasteiger partial charge < -0.3 is 4.90 Å². The van der Waals surface area contributed by atoms with Crippen LogP contribution in [0.5, 0.6) is 0 Å². The molecule has 4 heteroatoms. The van der Waals surface area contributed by atoms with Crippen LogP contribution < -0.4 is 4.90 Å². The number of hydrogen-bond donors (Lipinski definition) is 0. The fraction of sp³-hybridized carbons (Fsp3) is 0.500. The maximum atomic E-state index is 10.5. The second kappa shape index (κ2) is 5.49. The van der Waals surface area contributed by atoms with Crippen molar-refractivity contribution in [3.05, 3.63) is 34.4 Å². The summed E-state index contributed by atoms with van der Waals surface area (Å²) >= 11 is 0. The Morgan fingerprint density at radius 2 is 1.88 bits per heavy atom. The molecule has 0 amide bonds. The molecular weight excluding hydrogens is 204 g/mol. The zero-order valence-corrected chi connectivity index (χ0v) is 10.0. The average molecular weight is 222 g/mol. The van der Waals surface area contributed by atoms with Crippen molar-refractivity contribution in [1.29, 1.82) is 0 Å². The van der Waals surface area contributed by atoms with Gasteiger partial charge in [0.05, 0.1) is 4.92 Å². The van der Waals surface area contributed by atoms with Gasteiger partial charge in [-0.1, -0.05) is 6.92 Å². The molecule has 0 aromatic heterocycles. The van der Waals surface area contributed by atoms with Gasteiger partial charge in [0, 0.05) is 30.4 Å². The Labute approximate surface area is 96.0 Å². The Hall–Kier alpha value is -1.58. The zero-order valence-electron chi connectivity index (χ0n) is 10.0. The summed E-state index contributed by atoms with van der Waals surface area (Å²) in [5.41, 5.74) is 1.19. The molecule has 0 bridgehead atoms. The van der Waals surface area contributed by atoms with Gasteiger partial charge in [0.1, 0.15) is 0 Å². The molecule has 88 valence electrons. The van der Waals surface area contributed by atoms with E-state index in [1.165, 1.54) is 0 Å². The summed E-state index contributed by atoms with van der Waals surface area (Å²) in [6.07, 6.45) is 1.06. The molecule has 0 radical (unpaired) electrons. The van der Waals surface area contributed by atoms with Gasteiger partial charge in [-0.05, 0) is 32.4 Å². The standard InChI is InChI=1S/C12H18N2O2/c1-4-9-13(10(2)3)11-5-7-12(8-6-11)14(15)16/h5-8,10H,4,9H2,1-3H3. The summed E-state index contributed by atoms with van der Waals surface area (Å²) in [4.78, 5) is 12.4. The molecule has 0 atom stereocenters. The molecule has 0 spiro atoms. The predicted molar refractivity (Wildman–Crippen MR) is 65.9 cm³/mol. The van der Waals surface area contributed by atoms with Crippen molar-refractivity contribution >= 4 is 11.4 Å². The smallest absolute Gasteiger partial charge is 0.269 e. The maximum Gasteiger partial charge on any atom is 0.269 e. The van der Waals surface area contributed by atoms with Gasteiger partial charge in [-0.3, -0.25) is 10.1 Å².